The third-order valence-corrected chi connectivity index (χ3v) is 5.98. The number of hydrogen-bond donors (Lipinski definition) is 1. The molecular formula is C18H24ClNO. The Morgan fingerprint density at radius 2 is 2.24 bits per heavy atom. The summed E-state index contributed by atoms with van der Waals surface area (Å²) < 4.78 is 5.95. The predicted molar refractivity (Wildman–Crippen MR) is 86.0 cm³/mol. The number of fused-ring (bicyclic) bond motifs is 3. The molecule has 4 rings (SSSR count). The Kier molecular flexibility index (Phi) is 3.63. The molecule has 114 valence electrons. The number of hydrogen-bond acceptors (Lipinski definition) is 2. The molecule has 3 heteroatoms. The molecule has 2 bridgehead atoms. The first-order valence-electron chi connectivity index (χ1n) is 8.44. The van der Waals surface area contributed by atoms with E-state index < -0.39 is 0 Å². The van der Waals surface area contributed by atoms with E-state index in [0.29, 0.717) is 6.04 Å². The Balaban J connectivity index is 1.71. The second kappa shape index (κ2) is 5.48. The van der Waals surface area contributed by atoms with Crippen molar-refractivity contribution in [2.75, 3.05) is 13.2 Å². The highest BCUT2D eigenvalue weighted by atomic mass is 35.5. The Bertz CT molecular complexity index is 544. The van der Waals surface area contributed by atoms with Gasteiger partial charge in [0, 0.05) is 23.0 Å². The van der Waals surface area contributed by atoms with Crippen molar-refractivity contribution in [1.82, 2.24) is 5.32 Å². The van der Waals surface area contributed by atoms with E-state index in [1.807, 2.05) is 0 Å². The maximum absolute atomic E-state index is 6.38. The molecule has 3 aliphatic rings. The van der Waals surface area contributed by atoms with Gasteiger partial charge in [0.05, 0.1) is 6.61 Å². The van der Waals surface area contributed by atoms with E-state index in [2.05, 4.69) is 24.4 Å². The van der Waals surface area contributed by atoms with Gasteiger partial charge in [0.25, 0.3) is 0 Å². The summed E-state index contributed by atoms with van der Waals surface area (Å²) in [5.74, 6) is 3.74. The second-order valence-electron chi connectivity index (χ2n) is 6.96. The topological polar surface area (TPSA) is 21.3 Å². The van der Waals surface area contributed by atoms with Crippen LogP contribution in [-0.4, -0.2) is 13.2 Å². The number of nitrogens with one attached hydrogen (secondary N) is 1. The van der Waals surface area contributed by atoms with Crippen LogP contribution < -0.4 is 10.1 Å². The van der Waals surface area contributed by atoms with E-state index in [1.165, 1.54) is 36.8 Å². The maximum Gasteiger partial charge on any atom is 0.127 e. The highest BCUT2D eigenvalue weighted by Crippen LogP contribution is 2.54. The van der Waals surface area contributed by atoms with Crippen molar-refractivity contribution in [1.29, 1.82) is 0 Å². The lowest BCUT2D eigenvalue weighted by molar-refractivity contribution is 0.247. The van der Waals surface area contributed by atoms with Gasteiger partial charge in [-0.15, -0.1) is 0 Å². The summed E-state index contributed by atoms with van der Waals surface area (Å²) in [7, 11) is 0. The lowest BCUT2D eigenvalue weighted by Gasteiger charge is -2.32. The summed E-state index contributed by atoms with van der Waals surface area (Å²) in [6.07, 6.45) is 6.68. The normalized spacial score (nSPS) is 31.2. The molecule has 0 saturated heterocycles. The molecule has 0 aromatic heterocycles. The fraction of sp³-hybridized carbons (Fsp3) is 0.667. The van der Waals surface area contributed by atoms with Crippen molar-refractivity contribution >= 4 is 11.6 Å². The Labute approximate surface area is 132 Å². The molecule has 1 aromatic carbocycles. The fourth-order valence-corrected chi connectivity index (χ4v) is 5.19. The quantitative estimate of drug-likeness (QED) is 0.892. The van der Waals surface area contributed by atoms with Gasteiger partial charge < -0.3 is 10.1 Å². The molecule has 2 fully saturated rings. The van der Waals surface area contributed by atoms with Crippen LogP contribution in [0.1, 0.15) is 49.8 Å². The predicted octanol–water partition coefficient (Wildman–Crippen LogP) is 4.36. The SMILES string of the molecule is CCNC(c1cc(Cl)cc2c1OCC2)C1CC2CCC1C2. The smallest absolute Gasteiger partial charge is 0.127 e. The fourth-order valence-electron chi connectivity index (χ4n) is 4.94. The highest BCUT2D eigenvalue weighted by molar-refractivity contribution is 6.30. The van der Waals surface area contributed by atoms with Gasteiger partial charge in [0.2, 0.25) is 0 Å². The van der Waals surface area contributed by atoms with Crippen molar-refractivity contribution in [3.8, 4) is 5.75 Å². The molecular weight excluding hydrogens is 282 g/mol. The zero-order chi connectivity index (χ0) is 14.4. The van der Waals surface area contributed by atoms with E-state index in [1.54, 1.807) is 0 Å². The Morgan fingerprint density at radius 3 is 2.95 bits per heavy atom. The molecule has 0 amide bonds. The summed E-state index contributed by atoms with van der Waals surface area (Å²) in [6.45, 7) is 4.00. The van der Waals surface area contributed by atoms with Crippen LogP contribution in [0.25, 0.3) is 0 Å². The molecule has 2 aliphatic carbocycles. The average molecular weight is 306 g/mol. The van der Waals surface area contributed by atoms with Gasteiger partial charge in [0.1, 0.15) is 5.75 Å². The van der Waals surface area contributed by atoms with Crippen LogP contribution in [0.5, 0.6) is 5.75 Å². The van der Waals surface area contributed by atoms with Gasteiger partial charge in [-0.2, -0.15) is 0 Å². The van der Waals surface area contributed by atoms with Crippen LogP contribution in [0, 0.1) is 17.8 Å². The van der Waals surface area contributed by atoms with Crippen molar-refractivity contribution in [2.24, 2.45) is 17.8 Å². The molecule has 1 aromatic rings. The van der Waals surface area contributed by atoms with Crippen molar-refractivity contribution < 1.29 is 4.74 Å². The monoisotopic (exact) mass is 305 g/mol. The van der Waals surface area contributed by atoms with Crippen molar-refractivity contribution in [3.63, 3.8) is 0 Å². The first-order valence-corrected chi connectivity index (χ1v) is 8.82. The molecule has 0 spiro atoms. The van der Waals surface area contributed by atoms with E-state index in [4.69, 9.17) is 16.3 Å². The zero-order valence-corrected chi connectivity index (χ0v) is 13.5. The molecule has 0 radical (unpaired) electrons. The minimum absolute atomic E-state index is 0.413. The van der Waals surface area contributed by atoms with Crippen LogP contribution in [0.3, 0.4) is 0 Å². The Morgan fingerprint density at radius 1 is 1.33 bits per heavy atom. The number of halogens is 1. The van der Waals surface area contributed by atoms with Crippen molar-refractivity contribution in [2.45, 2.75) is 45.1 Å². The van der Waals surface area contributed by atoms with Crippen LogP contribution in [0.4, 0.5) is 0 Å². The minimum atomic E-state index is 0.413. The molecule has 2 saturated carbocycles. The highest BCUT2D eigenvalue weighted by Gasteiger charge is 2.44. The number of benzene rings is 1. The largest absolute Gasteiger partial charge is 0.493 e. The molecule has 2 nitrogen and oxygen atoms in total. The van der Waals surface area contributed by atoms with Crippen LogP contribution >= 0.6 is 11.6 Å². The summed E-state index contributed by atoms with van der Waals surface area (Å²) in [6, 6.07) is 4.64. The van der Waals surface area contributed by atoms with Gasteiger partial charge in [-0.05, 0) is 61.3 Å². The van der Waals surface area contributed by atoms with Gasteiger partial charge in [-0.3, -0.25) is 0 Å². The van der Waals surface area contributed by atoms with Crippen molar-refractivity contribution in [3.05, 3.63) is 28.3 Å². The van der Waals surface area contributed by atoms with E-state index in [9.17, 15) is 0 Å². The average Bonchev–Trinajstić information content (AvgIpc) is 3.19. The van der Waals surface area contributed by atoms with E-state index >= 15 is 0 Å². The van der Waals surface area contributed by atoms with Gasteiger partial charge in [-0.25, -0.2) is 0 Å². The molecule has 21 heavy (non-hydrogen) atoms. The molecule has 4 atom stereocenters. The summed E-state index contributed by atoms with van der Waals surface area (Å²) in [5.41, 5.74) is 2.61. The zero-order valence-electron chi connectivity index (χ0n) is 12.7. The van der Waals surface area contributed by atoms with Crippen LogP contribution in [-0.2, 0) is 6.42 Å². The lowest BCUT2D eigenvalue weighted by Crippen LogP contribution is -2.31. The number of ether oxygens (including phenoxy) is 1. The molecule has 1 heterocycles. The summed E-state index contributed by atoms with van der Waals surface area (Å²) in [5, 5.41) is 4.61. The van der Waals surface area contributed by atoms with Crippen LogP contribution in [0.2, 0.25) is 5.02 Å². The molecule has 1 aliphatic heterocycles. The summed E-state index contributed by atoms with van der Waals surface area (Å²) >= 11 is 6.38. The van der Waals surface area contributed by atoms with Gasteiger partial charge >= 0.3 is 0 Å². The van der Waals surface area contributed by atoms with E-state index in [0.717, 1.165) is 48.1 Å². The Hall–Kier alpha value is -0.730. The number of rotatable bonds is 4. The van der Waals surface area contributed by atoms with Crippen LogP contribution in [0.15, 0.2) is 12.1 Å². The standard InChI is InChI=1S/C18H24ClNO/c1-2-20-17(15-8-11-3-4-12(15)7-11)16-10-14(19)9-13-5-6-21-18(13)16/h9-12,15,17,20H,2-8H2,1H3. The first-order chi connectivity index (χ1) is 10.3. The lowest BCUT2D eigenvalue weighted by atomic mass is 9.80. The minimum Gasteiger partial charge on any atom is -0.493 e. The summed E-state index contributed by atoms with van der Waals surface area (Å²) in [4.78, 5) is 0. The maximum atomic E-state index is 6.38. The third kappa shape index (κ3) is 2.37. The molecule has 1 N–H and O–H groups in total. The molecule has 4 unspecified atom stereocenters. The van der Waals surface area contributed by atoms with Gasteiger partial charge in [0.15, 0.2) is 0 Å². The van der Waals surface area contributed by atoms with Gasteiger partial charge in [-0.1, -0.05) is 24.9 Å². The second-order valence-corrected chi connectivity index (χ2v) is 7.39. The first kappa shape index (κ1) is 13.9. The van der Waals surface area contributed by atoms with E-state index in [-0.39, 0.29) is 0 Å². The third-order valence-electron chi connectivity index (χ3n) is 5.76.